The summed E-state index contributed by atoms with van der Waals surface area (Å²) in [7, 11) is 0. The van der Waals surface area contributed by atoms with Crippen molar-refractivity contribution in [3.63, 3.8) is 0 Å². The Bertz CT molecular complexity index is 2130. The number of nitrogens with zero attached hydrogens (tertiary/aromatic N) is 2. The van der Waals surface area contributed by atoms with Gasteiger partial charge < -0.3 is 9.47 Å². The first-order valence-corrected chi connectivity index (χ1v) is 17.7. The summed E-state index contributed by atoms with van der Waals surface area (Å²) in [6, 6.07) is 29.9. The first kappa shape index (κ1) is 32.1. The molecular weight excluding hydrogens is 704 g/mol. The van der Waals surface area contributed by atoms with Gasteiger partial charge in [0.1, 0.15) is 12.4 Å². The predicted octanol–water partition coefficient (Wildman–Crippen LogP) is 7.65. The lowest BCUT2D eigenvalue weighted by Crippen LogP contribution is -2.40. The Morgan fingerprint density at radius 1 is 1.04 bits per heavy atom. The smallest absolute Gasteiger partial charge is 0.338 e. The molecule has 6 rings (SSSR count). The van der Waals surface area contributed by atoms with Crippen LogP contribution in [0.4, 0.5) is 0 Å². The van der Waals surface area contributed by atoms with Crippen molar-refractivity contribution >= 4 is 68.4 Å². The summed E-state index contributed by atoms with van der Waals surface area (Å²) in [6.07, 6.45) is 3.84. The van der Waals surface area contributed by atoms with Crippen LogP contribution in [0.1, 0.15) is 35.2 Å². The maximum Gasteiger partial charge on any atom is 0.338 e. The molecule has 4 aromatic carbocycles. The number of thiazole rings is 1. The number of benzene rings is 4. The highest BCUT2D eigenvalue weighted by Crippen LogP contribution is 2.36. The molecule has 0 saturated carbocycles. The number of ether oxygens (including phenoxy) is 2. The van der Waals surface area contributed by atoms with Gasteiger partial charge in [0.15, 0.2) is 4.80 Å². The van der Waals surface area contributed by atoms with Crippen LogP contribution in [0.5, 0.6) is 5.75 Å². The molecule has 1 aliphatic rings. The van der Waals surface area contributed by atoms with Gasteiger partial charge in [0.2, 0.25) is 0 Å². The fourth-order valence-corrected chi connectivity index (χ4v) is 7.34. The van der Waals surface area contributed by atoms with Crippen molar-refractivity contribution < 1.29 is 14.3 Å². The summed E-state index contributed by atoms with van der Waals surface area (Å²) >= 11 is 12.6. The molecule has 0 fully saturated rings. The number of carbonyl (C=O) groups excluding carboxylic acids is 1. The average molecular weight is 732 g/mol. The van der Waals surface area contributed by atoms with Crippen molar-refractivity contribution in [2.75, 3.05) is 12.9 Å². The van der Waals surface area contributed by atoms with E-state index in [0.717, 1.165) is 31.6 Å². The molecule has 0 radical (unpaired) electrons. The highest BCUT2D eigenvalue weighted by molar-refractivity contribution is 9.10. The number of halogens is 2. The number of esters is 1. The molecule has 5 aromatic rings. The first-order valence-electron chi connectivity index (χ1n) is 14.5. The van der Waals surface area contributed by atoms with Gasteiger partial charge in [-0.05, 0) is 88.3 Å². The minimum Gasteiger partial charge on any atom is -0.488 e. The van der Waals surface area contributed by atoms with E-state index in [2.05, 4.69) is 15.9 Å². The molecule has 0 saturated heterocycles. The third-order valence-corrected chi connectivity index (χ3v) is 9.92. The van der Waals surface area contributed by atoms with Crippen LogP contribution in [0.2, 0.25) is 5.02 Å². The molecule has 0 bridgehead atoms. The molecule has 0 N–H and O–H groups in total. The Morgan fingerprint density at radius 3 is 2.52 bits per heavy atom. The summed E-state index contributed by atoms with van der Waals surface area (Å²) in [6.45, 7) is 2.33. The lowest BCUT2D eigenvalue weighted by Gasteiger charge is -2.26. The van der Waals surface area contributed by atoms with Crippen molar-refractivity contribution in [2.24, 2.45) is 4.99 Å². The quantitative estimate of drug-likeness (QED) is 0.115. The molecule has 1 aliphatic heterocycles. The molecule has 6 nitrogen and oxygen atoms in total. The molecule has 0 unspecified atom stereocenters. The number of rotatable bonds is 9. The molecule has 1 atom stereocenters. The minimum absolute atomic E-state index is 0.195. The zero-order valence-electron chi connectivity index (χ0n) is 24.9. The van der Waals surface area contributed by atoms with Gasteiger partial charge in [-0.3, -0.25) is 9.36 Å². The third-order valence-electron chi connectivity index (χ3n) is 7.34. The fourth-order valence-electron chi connectivity index (χ4n) is 5.21. The lowest BCUT2D eigenvalue weighted by molar-refractivity contribution is -0.138. The van der Waals surface area contributed by atoms with E-state index in [0.29, 0.717) is 38.0 Å². The monoisotopic (exact) mass is 730 g/mol. The van der Waals surface area contributed by atoms with Crippen molar-refractivity contribution in [1.29, 1.82) is 0 Å². The van der Waals surface area contributed by atoms with Crippen LogP contribution in [0.3, 0.4) is 0 Å². The highest BCUT2D eigenvalue weighted by atomic mass is 79.9. The van der Waals surface area contributed by atoms with Gasteiger partial charge >= 0.3 is 5.97 Å². The number of fused-ring (bicyclic) bond motifs is 1. The summed E-state index contributed by atoms with van der Waals surface area (Å²) < 4.78 is 14.4. The second kappa shape index (κ2) is 14.3. The standard InChI is InChI=1S/C36H28BrClN2O4S2/c1-3-43-35(42)31-32(24-9-5-4-6-10-24)39-36-40(33(31)25-13-15-27(45-2)16-14-25)34(41)30(46-36)20-22-12-17-29(28(37)19-22)44-21-23-8-7-11-26(38)18-23/h4-20,33H,3,21H2,1-2H3/b30-20-/t33-/m1/s1. The number of hydrogen-bond acceptors (Lipinski definition) is 7. The average Bonchev–Trinajstić information content (AvgIpc) is 3.38. The summed E-state index contributed by atoms with van der Waals surface area (Å²) in [5.74, 6) is 0.162. The Kier molecular flexibility index (Phi) is 9.94. The molecule has 0 aliphatic carbocycles. The Hall–Kier alpha value is -3.89. The van der Waals surface area contributed by atoms with E-state index in [1.54, 1.807) is 23.3 Å². The maximum absolute atomic E-state index is 14.2. The van der Waals surface area contributed by atoms with E-state index in [-0.39, 0.29) is 12.2 Å². The normalized spacial score (nSPS) is 14.5. The molecule has 1 aromatic heterocycles. The van der Waals surface area contributed by atoms with Gasteiger partial charge in [-0.1, -0.05) is 83.6 Å². The van der Waals surface area contributed by atoms with Gasteiger partial charge in [-0.25, -0.2) is 9.79 Å². The molecule has 10 heteroatoms. The van der Waals surface area contributed by atoms with Gasteiger partial charge in [0.05, 0.1) is 32.9 Å². The third kappa shape index (κ3) is 6.78. The fraction of sp³-hybridized carbons (Fsp3) is 0.139. The largest absolute Gasteiger partial charge is 0.488 e. The van der Waals surface area contributed by atoms with Crippen LogP contribution < -0.4 is 19.6 Å². The molecule has 46 heavy (non-hydrogen) atoms. The van der Waals surface area contributed by atoms with E-state index in [4.69, 9.17) is 26.1 Å². The summed E-state index contributed by atoms with van der Waals surface area (Å²) in [5.41, 5.74) is 3.91. The Morgan fingerprint density at radius 2 is 1.83 bits per heavy atom. The van der Waals surface area contributed by atoms with Crippen LogP contribution in [0.25, 0.3) is 11.8 Å². The second-order valence-corrected chi connectivity index (χ2v) is 13.5. The topological polar surface area (TPSA) is 69.9 Å². The maximum atomic E-state index is 14.2. The van der Waals surface area contributed by atoms with Crippen LogP contribution in [-0.4, -0.2) is 23.4 Å². The van der Waals surface area contributed by atoms with E-state index in [1.165, 1.54) is 11.3 Å². The van der Waals surface area contributed by atoms with E-state index in [9.17, 15) is 9.59 Å². The summed E-state index contributed by atoms with van der Waals surface area (Å²) in [5, 5.41) is 0.654. The first-order chi connectivity index (χ1) is 22.4. The van der Waals surface area contributed by atoms with Crippen molar-refractivity contribution in [1.82, 2.24) is 4.57 Å². The van der Waals surface area contributed by atoms with Gasteiger partial charge in [-0.15, -0.1) is 11.8 Å². The molecular formula is C36H28BrClN2O4S2. The number of hydrogen-bond donors (Lipinski definition) is 0. The zero-order chi connectivity index (χ0) is 32.2. The van der Waals surface area contributed by atoms with Crippen molar-refractivity contribution in [3.8, 4) is 5.75 Å². The van der Waals surface area contributed by atoms with Gasteiger partial charge in [0, 0.05) is 15.5 Å². The van der Waals surface area contributed by atoms with E-state index < -0.39 is 12.0 Å². The van der Waals surface area contributed by atoms with Crippen LogP contribution in [0, 0.1) is 0 Å². The summed E-state index contributed by atoms with van der Waals surface area (Å²) in [4.78, 5) is 34.3. The van der Waals surface area contributed by atoms with Gasteiger partial charge in [0.25, 0.3) is 5.56 Å². The predicted molar refractivity (Wildman–Crippen MR) is 189 cm³/mol. The lowest BCUT2D eigenvalue weighted by atomic mass is 9.93. The highest BCUT2D eigenvalue weighted by Gasteiger charge is 2.35. The van der Waals surface area contributed by atoms with Crippen molar-refractivity contribution in [3.05, 3.63) is 154 Å². The van der Waals surface area contributed by atoms with Crippen molar-refractivity contribution in [2.45, 2.75) is 24.5 Å². The number of aromatic nitrogens is 1. The number of thioether (sulfide) groups is 1. The molecule has 0 amide bonds. The van der Waals surface area contributed by atoms with E-state index >= 15 is 0 Å². The van der Waals surface area contributed by atoms with Crippen LogP contribution >= 0.6 is 50.6 Å². The second-order valence-electron chi connectivity index (χ2n) is 10.3. The minimum atomic E-state index is -0.724. The van der Waals surface area contributed by atoms with Gasteiger partial charge in [-0.2, -0.15) is 0 Å². The Labute approximate surface area is 287 Å². The molecule has 0 spiro atoms. The van der Waals surface area contributed by atoms with Crippen LogP contribution in [0.15, 0.2) is 122 Å². The molecule has 2 heterocycles. The number of carbonyl (C=O) groups is 1. The SMILES string of the molecule is CCOC(=O)C1=C(c2ccccc2)N=c2s/c(=C\c3ccc(OCc4cccc(Cl)c4)c(Br)c3)c(=O)n2[C@@H]1c1ccc(SC)cc1. The molecule has 232 valence electrons. The Balaban J connectivity index is 1.45. The van der Waals surface area contributed by atoms with Crippen LogP contribution in [-0.2, 0) is 16.1 Å². The zero-order valence-corrected chi connectivity index (χ0v) is 28.9. The van der Waals surface area contributed by atoms with E-state index in [1.807, 2.05) is 109 Å².